The second kappa shape index (κ2) is 6.71. The third-order valence-electron chi connectivity index (χ3n) is 2.90. The van der Waals surface area contributed by atoms with Crippen LogP contribution in [-0.2, 0) is 0 Å². The average molecular weight is 299 g/mol. The number of nitrogens with zero attached hydrogens (tertiary/aromatic N) is 3. The second-order valence-corrected chi connectivity index (χ2v) is 4.79. The van der Waals surface area contributed by atoms with Crippen molar-refractivity contribution in [3.8, 4) is 11.4 Å². The van der Waals surface area contributed by atoms with Gasteiger partial charge in [0.1, 0.15) is 11.4 Å². The molecule has 0 amide bonds. The number of carbonyl (C=O) groups excluding carboxylic acids is 1. The lowest BCUT2D eigenvalue weighted by Crippen LogP contribution is -2.20. The van der Waals surface area contributed by atoms with Gasteiger partial charge >= 0.3 is 0 Å². The first-order valence-electron chi connectivity index (χ1n) is 6.65. The summed E-state index contributed by atoms with van der Waals surface area (Å²) in [6, 6.07) is 8.54. The molecule has 0 spiro atoms. The van der Waals surface area contributed by atoms with Crippen LogP contribution in [0.1, 0.15) is 10.5 Å². The summed E-state index contributed by atoms with van der Waals surface area (Å²) in [5, 5.41) is 4.13. The Morgan fingerprint density at radius 1 is 1.27 bits per heavy atom. The Labute approximate surface area is 128 Å². The van der Waals surface area contributed by atoms with Crippen LogP contribution in [0.5, 0.6) is 5.75 Å². The third kappa shape index (κ3) is 3.41. The molecule has 0 aliphatic carbocycles. The monoisotopic (exact) mass is 299 g/mol. The number of para-hydroxylation sites is 2. The highest BCUT2D eigenvalue weighted by Crippen LogP contribution is 2.20. The summed E-state index contributed by atoms with van der Waals surface area (Å²) < 4.78 is 6.72. The first-order valence-corrected chi connectivity index (χ1v) is 6.65. The minimum Gasteiger partial charge on any atom is -0.494 e. The lowest BCUT2D eigenvalue weighted by molar-refractivity contribution is 0.103. The van der Waals surface area contributed by atoms with E-state index in [1.54, 1.807) is 44.4 Å². The Balaban J connectivity index is 2.47. The molecule has 0 bridgehead atoms. The lowest BCUT2D eigenvalue weighted by atomic mass is 10.2. The van der Waals surface area contributed by atoms with Gasteiger partial charge in [0.15, 0.2) is 5.69 Å². The molecule has 2 rings (SSSR count). The van der Waals surface area contributed by atoms with Crippen LogP contribution in [-0.4, -0.2) is 41.7 Å². The van der Waals surface area contributed by atoms with E-state index in [1.165, 1.54) is 23.0 Å². The maximum absolute atomic E-state index is 12.1. The van der Waals surface area contributed by atoms with Crippen LogP contribution >= 0.6 is 0 Å². The molecule has 0 aliphatic rings. The predicted molar refractivity (Wildman–Crippen MR) is 83.5 cm³/mol. The topological polar surface area (TPSA) is 64.4 Å². The number of hydrogen-bond donors (Lipinski definition) is 0. The molecule has 0 saturated heterocycles. The Morgan fingerprint density at radius 3 is 2.68 bits per heavy atom. The first-order chi connectivity index (χ1) is 10.5. The van der Waals surface area contributed by atoms with Gasteiger partial charge in [0, 0.05) is 38.6 Å². The number of ketones is 1. The summed E-state index contributed by atoms with van der Waals surface area (Å²) in [7, 11) is 5.12. The average Bonchev–Trinajstić information content (AvgIpc) is 2.53. The third-order valence-corrected chi connectivity index (χ3v) is 2.90. The Kier molecular flexibility index (Phi) is 4.73. The largest absolute Gasteiger partial charge is 0.494 e. The van der Waals surface area contributed by atoms with Gasteiger partial charge in [-0.1, -0.05) is 12.1 Å². The van der Waals surface area contributed by atoms with E-state index < -0.39 is 11.2 Å². The SMILES string of the molecule is COc1ccccc1-n1ccc(=O)c(C(=O)/C=C/N(C)C)n1. The molecule has 6 nitrogen and oxygen atoms in total. The highest BCUT2D eigenvalue weighted by Gasteiger charge is 2.12. The number of rotatable bonds is 5. The number of hydrogen-bond acceptors (Lipinski definition) is 5. The Morgan fingerprint density at radius 2 is 2.00 bits per heavy atom. The second-order valence-electron chi connectivity index (χ2n) is 4.79. The highest BCUT2D eigenvalue weighted by atomic mass is 16.5. The van der Waals surface area contributed by atoms with Crippen molar-refractivity contribution in [1.82, 2.24) is 14.7 Å². The Hall–Kier alpha value is -2.89. The van der Waals surface area contributed by atoms with Crippen molar-refractivity contribution in [1.29, 1.82) is 0 Å². The normalized spacial score (nSPS) is 10.7. The van der Waals surface area contributed by atoms with E-state index in [0.717, 1.165) is 0 Å². The number of methoxy groups -OCH3 is 1. The lowest BCUT2D eigenvalue weighted by Gasteiger charge is -2.10. The van der Waals surface area contributed by atoms with Gasteiger partial charge in [-0.25, -0.2) is 4.68 Å². The number of ether oxygens (including phenoxy) is 1. The molecule has 0 unspecified atom stereocenters. The van der Waals surface area contributed by atoms with E-state index in [0.29, 0.717) is 11.4 Å². The number of allylic oxidation sites excluding steroid dienone is 1. The van der Waals surface area contributed by atoms with Crippen molar-refractivity contribution < 1.29 is 9.53 Å². The maximum Gasteiger partial charge on any atom is 0.211 e. The van der Waals surface area contributed by atoms with Crippen molar-refractivity contribution in [3.05, 3.63) is 64.7 Å². The van der Waals surface area contributed by atoms with Crippen LogP contribution in [0.4, 0.5) is 0 Å². The van der Waals surface area contributed by atoms with Gasteiger partial charge in [-0.2, -0.15) is 5.10 Å². The van der Waals surface area contributed by atoms with Gasteiger partial charge in [-0.3, -0.25) is 9.59 Å². The van der Waals surface area contributed by atoms with E-state index in [9.17, 15) is 9.59 Å². The van der Waals surface area contributed by atoms with Gasteiger partial charge in [-0.15, -0.1) is 0 Å². The van der Waals surface area contributed by atoms with Crippen LogP contribution in [0.25, 0.3) is 5.69 Å². The van der Waals surface area contributed by atoms with Crippen LogP contribution in [0.3, 0.4) is 0 Å². The molecule has 0 atom stereocenters. The van der Waals surface area contributed by atoms with Crippen LogP contribution in [0.2, 0.25) is 0 Å². The molecular formula is C16H17N3O3. The van der Waals surface area contributed by atoms with Crippen molar-refractivity contribution in [2.45, 2.75) is 0 Å². The fraction of sp³-hybridized carbons (Fsp3) is 0.188. The molecule has 114 valence electrons. The number of benzene rings is 1. The van der Waals surface area contributed by atoms with Gasteiger partial charge in [-0.05, 0) is 12.1 Å². The molecule has 6 heteroatoms. The maximum atomic E-state index is 12.1. The first kappa shape index (κ1) is 15.5. The fourth-order valence-corrected chi connectivity index (χ4v) is 1.83. The molecule has 1 heterocycles. The molecule has 22 heavy (non-hydrogen) atoms. The highest BCUT2D eigenvalue weighted by molar-refractivity contribution is 6.02. The standard InChI is InChI=1S/C16H17N3O3/c1-18(2)10-8-13(20)16-14(21)9-11-19(17-16)12-6-4-5-7-15(12)22-3/h4-11H,1-3H3/b10-8+. The minimum absolute atomic E-state index is 0.133. The zero-order chi connectivity index (χ0) is 16.1. The van der Waals surface area contributed by atoms with Crippen LogP contribution in [0.15, 0.2) is 53.6 Å². The van der Waals surface area contributed by atoms with Crippen molar-refractivity contribution in [2.75, 3.05) is 21.2 Å². The molecule has 0 fully saturated rings. The van der Waals surface area contributed by atoms with Gasteiger partial charge < -0.3 is 9.64 Å². The van der Waals surface area contributed by atoms with E-state index in [4.69, 9.17) is 4.74 Å². The molecule has 0 saturated carbocycles. The quantitative estimate of drug-likeness (QED) is 0.618. The molecule has 1 aromatic heterocycles. The van der Waals surface area contributed by atoms with Crippen molar-refractivity contribution >= 4 is 5.78 Å². The van der Waals surface area contributed by atoms with Gasteiger partial charge in [0.05, 0.1) is 7.11 Å². The van der Waals surface area contributed by atoms with E-state index in [1.807, 2.05) is 12.1 Å². The summed E-state index contributed by atoms with van der Waals surface area (Å²) in [6.07, 6.45) is 4.40. The molecule has 0 aliphatic heterocycles. The van der Waals surface area contributed by atoms with E-state index in [-0.39, 0.29) is 5.69 Å². The summed E-state index contributed by atoms with van der Waals surface area (Å²) in [6.45, 7) is 0. The van der Waals surface area contributed by atoms with Gasteiger partial charge in [0.2, 0.25) is 11.2 Å². The predicted octanol–water partition coefficient (Wildman–Crippen LogP) is 1.50. The molecule has 0 N–H and O–H groups in total. The van der Waals surface area contributed by atoms with E-state index in [2.05, 4.69) is 5.10 Å². The Bertz CT molecular complexity index is 763. The number of carbonyl (C=O) groups is 1. The fourth-order valence-electron chi connectivity index (χ4n) is 1.83. The molecular weight excluding hydrogens is 282 g/mol. The number of aromatic nitrogens is 2. The van der Waals surface area contributed by atoms with E-state index >= 15 is 0 Å². The smallest absolute Gasteiger partial charge is 0.211 e. The van der Waals surface area contributed by atoms with Crippen molar-refractivity contribution in [2.24, 2.45) is 0 Å². The molecule has 2 aromatic rings. The zero-order valence-corrected chi connectivity index (χ0v) is 12.7. The summed E-state index contributed by atoms with van der Waals surface area (Å²) in [5.41, 5.74) is 0.0988. The van der Waals surface area contributed by atoms with Crippen molar-refractivity contribution in [3.63, 3.8) is 0 Å². The van der Waals surface area contributed by atoms with Gasteiger partial charge in [0.25, 0.3) is 0 Å². The van der Waals surface area contributed by atoms with Crippen LogP contribution in [0, 0.1) is 0 Å². The van der Waals surface area contributed by atoms with Crippen LogP contribution < -0.4 is 10.2 Å². The summed E-state index contributed by atoms with van der Waals surface area (Å²) in [5.74, 6) is 0.156. The summed E-state index contributed by atoms with van der Waals surface area (Å²) in [4.78, 5) is 25.7. The zero-order valence-electron chi connectivity index (χ0n) is 12.7. The molecule has 0 radical (unpaired) electrons. The summed E-state index contributed by atoms with van der Waals surface area (Å²) >= 11 is 0. The minimum atomic E-state index is -0.442. The molecule has 1 aromatic carbocycles.